The van der Waals surface area contributed by atoms with Crippen LogP contribution in [0.3, 0.4) is 0 Å². The van der Waals surface area contributed by atoms with Gasteiger partial charge in [-0.05, 0) is 31.7 Å². The van der Waals surface area contributed by atoms with Crippen molar-refractivity contribution in [3.8, 4) is 0 Å². The second-order valence-corrected chi connectivity index (χ2v) is 3.91. The van der Waals surface area contributed by atoms with Crippen molar-refractivity contribution in [3.63, 3.8) is 0 Å². The third-order valence-electron chi connectivity index (χ3n) is 2.62. The van der Waals surface area contributed by atoms with Crippen molar-refractivity contribution < 1.29 is 4.92 Å². The Labute approximate surface area is 93.3 Å². The molecule has 1 aliphatic rings. The predicted molar refractivity (Wildman–Crippen MR) is 62.6 cm³/mol. The number of para-hydroxylation sites is 2. The van der Waals surface area contributed by atoms with Gasteiger partial charge in [-0.25, -0.2) is 0 Å². The zero-order valence-electron chi connectivity index (χ0n) is 9.01. The van der Waals surface area contributed by atoms with E-state index in [1.54, 1.807) is 18.2 Å². The Hall–Kier alpha value is -1.91. The highest BCUT2D eigenvalue weighted by Crippen LogP contribution is 2.31. The lowest BCUT2D eigenvalue weighted by molar-refractivity contribution is -0.384. The van der Waals surface area contributed by atoms with Crippen molar-refractivity contribution in [3.05, 3.63) is 34.4 Å². The monoisotopic (exact) mass is 219 g/mol. The van der Waals surface area contributed by atoms with Gasteiger partial charge in [-0.3, -0.25) is 15.5 Å². The lowest BCUT2D eigenvalue weighted by Gasteiger charge is -2.02. The highest BCUT2D eigenvalue weighted by molar-refractivity contribution is 5.87. The van der Waals surface area contributed by atoms with Crippen LogP contribution in [0.5, 0.6) is 0 Å². The number of anilines is 1. The average Bonchev–Trinajstić information content (AvgIpc) is 3.10. The van der Waals surface area contributed by atoms with Gasteiger partial charge in [-0.15, -0.1) is 0 Å². The summed E-state index contributed by atoms with van der Waals surface area (Å²) in [7, 11) is 0. The molecule has 0 saturated heterocycles. The Kier molecular flexibility index (Phi) is 2.85. The van der Waals surface area contributed by atoms with E-state index in [1.165, 1.54) is 18.9 Å². The molecule has 1 aromatic rings. The molecule has 1 aliphatic carbocycles. The molecule has 0 amide bonds. The molecular formula is C11H13N3O2. The Morgan fingerprint density at radius 3 is 2.81 bits per heavy atom. The summed E-state index contributed by atoms with van der Waals surface area (Å²) >= 11 is 0. The minimum absolute atomic E-state index is 0.0508. The number of nitrogens with zero attached hydrogens (tertiary/aromatic N) is 2. The molecule has 2 rings (SSSR count). The van der Waals surface area contributed by atoms with Gasteiger partial charge in [-0.2, -0.15) is 5.10 Å². The van der Waals surface area contributed by atoms with Gasteiger partial charge in [0.15, 0.2) is 0 Å². The van der Waals surface area contributed by atoms with E-state index in [1.807, 2.05) is 6.92 Å². The fraction of sp³-hybridized carbons (Fsp3) is 0.364. The summed E-state index contributed by atoms with van der Waals surface area (Å²) in [6.45, 7) is 1.94. The van der Waals surface area contributed by atoms with Crippen molar-refractivity contribution in [2.45, 2.75) is 19.8 Å². The number of rotatable bonds is 4. The van der Waals surface area contributed by atoms with Gasteiger partial charge in [0.1, 0.15) is 5.69 Å². The molecule has 0 aliphatic heterocycles. The van der Waals surface area contributed by atoms with Crippen LogP contribution < -0.4 is 5.43 Å². The number of benzene rings is 1. The first kappa shape index (κ1) is 10.6. The van der Waals surface area contributed by atoms with E-state index >= 15 is 0 Å². The second kappa shape index (κ2) is 4.30. The molecule has 1 saturated carbocycles. The van der Waals surface area contributed by atoms with E-state index in [0.717, 1.165) is 5.71 Å². The van der Waals surface area contributed by atoms with Crippen molar-refractivity contribution in [2.75, 3.05) is 5.43 Å². The maximum atomic E-state index is 10.7. The minimum Gasteiger partial charge on any atom is -0.272 e. The molecule has 0 unspecified atom stereocenters. The molecule has 1 N–H and O–H groups in total. The van der Waals surface area contributed by atoms with Crippen LogP contribution >= 0.6 is 0 Å². The molecule has 0 radical (unpaired) electrons. The SMILES string of the molecule is C/C(=N/Nc1ccccc1[N+](=O)[O-])C1CC1. The minimum atomic E-state index is -0.412. The summed E-state index contributed by atoms with van der Waals surface area (Å²) in [5.41, 5.74) is 4.26. The fourth-order valence-electron chi connectivity index (χ4n) is 1.47. The third-order valence-corrected chi connectivity index (χ3v) is 2.62. The van der Waals surface area contributed by atoms with Crippen molar-refractivity contribution in [1.29, 1.82) is 0 Å². The van der Waals surface area contributed by atoms with E-state index in [9.17, 15) is 10.1 Å². The van der Waals surface area contributed by atoms with E-state index in [0.29, 0.717) is 11.6 Å². The highest BCUT2D eigenvalue weighted by Gasteiger charge is 2.24. The second-order valence-electron chi connectivity index (χ2n) is 3.91. The number of nitro groups is 1. The normalized spacial score (nSPS) is 15.9. The van der Waals surface area contributed by atoms with Crippen LogP contribution in [-0.2, 0) is 0 Å². The summed E-state index contributed by atoms with van der Waals surface area (Å²) in [6.07, 6.45) is 2.35. The summed E-state index contributed by atoms with van der Waals surface area (Å²) in [4.78, 5) is 10.3. The van der Waals surface area contributed by atoms with Gasteiger partial charge in [0, 0.05) is 11.8 Å². The number of hydrogen-bond donors (Lipinski definition) is 1. The van der Waals surface area contributed by atoms with E-state index in [4.69, 9.17) is 0 Å². The number of nitrogens with one attached hydrogen (secondary N) is 1. The molecular weight excluding hydrogens is 206 g/mol. The predicted octanol–water partition coefficient (Wildman–Crippen LogP) is 2.79. The molecule has 1 fully saturated rings. The lowest BCUT2D eigenvalue weighted by Crippen LogP contribution is -2.01. The Balaban J connectivity index is 2.14. The van der Waals surface area contributed by atoms with Crippen molar-refractivity contribution >= 4 is 17.1 Å². The summed E-state index contributed by atoms with van der Waals surface area (Å²) in [6, 6.07) is 6.50. The average molecular weight is 219 g/mol. The Morgan fingerprint density at radius 1 is 1.50 bits per heavy atom. The molecule has 84 valence electrons. The van der Waals surface area contributed by atoms with Crippen LogP contribution in [0.25, 0.3) is 0 Å². The standard InChI is InChI=1S/C11H13N3O2/c1-8(9-6-7-9)12-13-10-4-2-3-5-11(10)14(15)16/h2-5,9,13H,6-7H2,1H3/b12-8-. The summed E-state index contributed by atoms with van der Waals surface area (Å²) in [5.74, 6) is 0.565. The Morgan fingerprint density at radius 2 is 2.19 bits per heavy atom. The first-order valence-electron chi connectivity index (χ1n) is 5.22. The van der Waals surface area contributed by atoms with Crippen LogP contribution in [0.4, 0.5) is 11.4 Å². The van der Waals surface area contributed by atoms with Gasteiger partial charge in [0.2, 0.25) is 0 Å². The summed E-state index contributed by atoms with van der Waals surface area (Å²) < 4.78 is 0. The zero-order chi connectivity index (χ0) is 11.5. The number of nitro benzene ring substituents is 1. The topological polar surface area (TPSA) is 67.5 Å². The smallest absolute Gasteiger partial charge is 0.272 e. The first-order chi connectivity index (χ1) is 7.68. The molecule has 0 bridgehead atoms. The summed E-state index contributed by atoms with van der Waals surface area (Å²) in [5, 5.41) is 14.9. The molecule has 16 heavy (non-hydrogen) atoms. The van der Waals surface area contributed by atoms with Crippen molar-refractivity contribution in [2.24, 2.45) is 11.0 Å². The maximum Gasteiger partial charge on any atom is 0.294 e. The quantitative estimate of drug-likeness (QED) is 0.481. The third kappa shape index (κ3) is 2.36. The van der Waals surface area contributed by atoms with E-state index < -0.39 is 4.92 Å². The molecule has 1 aromatic carbocycles. The van der Waals surface area contributed by atoms with Gasteiger partial charge < -0.3 is 0 Å². The number of hydrazone groups is 1. The van der Waals surface area contributed by atoms with Crippen molar-refractivity contribution in [1.82, 2.24) is 0 Å². The van der Waals surface area contributed by atoms with Crippen LogP contribution in [0.1, 0.15) is 19.8 Å². The fourth-order valence-corrected chi connectivity index (χ4v) is 1.47. The Bertz CT molecular complexity index is 439. The molecule has 5 nitrogen and oxygen atoms in total. The molecule has 0 atom stereocenters. The lowest BCUT2D eigenvalue weighted by atomic mass is 10.3. The van der Waals surface area contributed by atoms with Crippen LogP contribution in [0.2, 0.25) is 0 Å². The highest BCUT2D eigenvalue weighted by atomic mass is 16.6. The molecule has 0 spiro atoms. The van der Waals surface area contributed by atoms with Gasteiger partial charge in [-0.1, -0.05) is 12.1 Å². The van der Waals surface area contributed by atoms with Gasteiger partial charge in [0.25, 0.3) is 5.69 Å². The van der Waals surface area contributed by atoms with Crippen LogP contribution in [-0.4, -0.2) is 10.6 Å². The van der Waals surface area contributed by atoms with E-state index in [2.05, 4.69) is 10.5 Å². The van der Waals surface area contributed by atoms with Crippen LogP contribution in [0, 0.1) is 16.0 Å². The molecule has 0 heterocycles. The van der Waals surface area contributed by atoms with Gasteiger partial charge in [0.05, 0.1) is 4.92 Å². The molecule has 5 heteroatoms. The van der Waals surface area contributed by atoms with Crippen LogP contribution in [0.15, 0.2) is 29.4 Å². The van der Waals surface area contributed by atoms with Gasteiger partial charge >= 0.3 is 0 Å². The largest absolute Gasteiger partial charge is 0.294 e. The number of hydrogen-bond acceptors (Lipinski definition) is 4. The van der Waals surface area contributed by atoms with E-state index in [-0.39, 0.29) is 5.69 Å². The first-order valence-corrected chi connectivity index (χ1v) is 5.22. The molecule has 0 aromatic heterocycles. The maximum absolute atomic E-state index is 10.7. The zero-order valence-corrected chi connectivity index (χ0v) is 9.01.